The Kier molecular flexibility index (Phi) is 6.37. The predicted molar refractivity (Wildman–Crippen MR) is 105 cm³/mol. The third-order valence-electron chi connectivity index (χ3n) is 4.87. The second-order valence-electron chi connectivity index (χ2n) is 6.97. The Morgan fingerprint density at radius 1 is 1.15 bits per heavy atom. The zero-order valence-electron chi connectivity index (χ0n) is 16.6. The highest BCUT2D eigenvalue weighted by atomic mass is 16.2. The van der Waals surface area contributed by atoms with Crippen LogP contribution in [-0.2, 0) is 6.42 Å². The van der Waals surface area contributed by atoms with Gasteiger partial charge in [0, 0.05) is 17.8 Å². The molecule has 2 rings (SSSR count). The Labute approximate surface area is 155 Å². The summed E-state index contributed by atoms with van der Waals surface area (Å²) in [4.78, 5) is 29.5. The lowest BCUT2D eigenvalue weighted by Gasteiger charge is -2.25. The summed E-state index contributed by atoms with van der Waals surface area (Å²) < 4.78 is 0. The smallest absolute Gasteiger partial charge is 0.268 e. The molecule has 140 valence electrons. The van der Waals surface area contributed by atoms with E-state index in [0.29, 0.717) is 23.4 Å². The fourth-order valence-electron chi connectivity index (χ4n) is 3.36. The summed E-state index contributed by atoms with van der Waals surface area (Å²) in [6.07, 6.45) is 1.01. The number of Topliss-reactive ketones (excluding diaryl/α,β-unsaturated/α-hetero) is 1. The first kappa shape index (κ1) is 19.9. The summed E-state index contributed by atoms with van der Waals surface area (Å²) in [5.74, 6) is -0.215. The van der Waals surface area contributed by atoms with E-state index in [0.717, 1.165) is 17.7 Å². The molecule has 2 aromatic rings. The quantitative estimate of drug-likeness (QED) is 0.748. The molecule has 1 amide bonds. The van der Waals surface area contributed by atoms with Gasteiger partial charge in [-0.05, 0) is 58.0 Å². The van der Waals surface area contributed by atoms with Crippen molar-refractivity contribution in [2.75, 3.05) is 20.6 Å². The van der Waals surface area contributed by atoms with Gasteiger partial charge in [-0.25, -0.2) is 0 Å². The van der Waals surface area contributed by atoms with Crippen LogP contribution in [0.15, 0.2) is 24.3 Å². The second kappa shape index (κ2) is 8.32. The largest absolute Gasteiger partial charge is 0.354 e. The molecular formula is C21H29N3O2. The Bertz CT molecular complexity index is 788. The van der Waals surface area contributed by atoms with Crippen LogP contribution in [0.2, 0.25) is 0 Å². The van der Waals surface area contributed by atoms with Gasteiger partial charge in [0.05, 0.1) is 6.04 Å². The van der Waals surface area contributed by atoms with Crippen LogP contribution < -0.4 is 5.32 Å². The molecule has 2 N–H and O–H groups in total. The summed E-state index contributed by atoms with van der Waals surface area (Å²) in [5, 5.41) is 3.00. The minimum atomic E-state index is -0.185. The van der Waals surface area contributed by atoms with Crippen LogP contribution >= 0.6 is 0 Å². The van der Waals surface area contributed by atoms with E-state index in [9.17, 15) is 9.59 Å². The average Bonchev–Trinajstić information content (AvgIpc) is 2.89. The summed E-state index contributed by atoms with van der Waals surface area (Å²) in [5.41, 5.74) is 4.97. The van der Waals surface area contributed by atoms with E-state index in [1.165, 1.54) is 12.5 Å². The summed E-state index contributed by atoms with van der Waals surface area (Å²) >= 11 is 0. The van der Waals surface area contributed by atoms with Crippen molar-refractivity contribution in [2.45, 2.75) is 40.2 Å². The molecule has 0 saturated heterocycles. The summed E-state index contributed by atoms with van der Waals surface area (Å²) in [6.45, 7) is 7.77. The lowest BCUT2D eigenvalue weighted by molar-refractivity contribution is 0.0936. The van der Waals surface area contributed by atoms with Gasteiger partial charge in [0.25, 0.3) is 5.91 Å². The minimum absolute atomic E-state index is 0.0301. The normalized spacial score (nSPS) is 12.3. The highest BCUT2D eigenvalue weighted by Gasteiger charge is 2.21. The number of aromatic nitrogens is 1. The highest BCUT2D eigenvalue weighted by Crippen LogP contribution is 2.20. The molecule has 1 heterocycles. The molecule has 1 atom stereocenters. The van der Waals surface area contributed by atoms with Crippen molar-refractivity contribution in [2.24, 2.45) is 0 Å². The van der Waals surface area contributed by atoms with Gasteiger partial charge in [-0.1, -0.05) is 31.2 Å². The maximum atomic E-state index is 12.6. The van der Waals surface area contributed by atoms with Crippen LogP contribution in [0.5, 0.6) is 0 Å². The molecule has 0 fully saturated rings. The molecule has 1 aromatic heterocycles. The van der Waals surface area contributed by atoms with E-state index in [1.54, 1.807) is 0 Å². The van der Waals surface area contributed by atoms with Crippen molar-refractivity contribution in [3.8, 4) is 0 Å². The standard InChI is InChI=1S/C21H29N3O2/c1-7-16-8-10-17(11-9-16)18(24(5)6)12-22-21(26)20-13(2)19(15(4)25)14(3)23-20/h8-11,18,23H,7,12H2,1-6H3,(H,22,26)/t18-/m1/s1. The number of aromatic amines is 1. The molecule has 0 spiro atoms. The first-order valence-corrected chi connectivity index (χ1v) is 8.99. The van der Waals surface area contributed by atoms with Gasteiger partial charge in [-0.15, -0.1) is 0 Å². The molecule has 5 nitrogen and oxygen atoms in total. The van der Waals surface area contributed by atoms with Crippen molar-refractivity contribution in [3.63, 3.8) is 0 Å². The third kappa shape index (κ3) is 4.22. The lowest BCUT2D eigenvalue weighted by Crippen LogP contribution is -2.35. The van der Waals surface area contributed by atoms with E-state index in [1.807, 2.05) is 27.9 Å². The Morgan fingerprint density at radius 3 is 2.23 bits per heavy atom. The monoisotopic (exact) mass is 355 g/mol. The average molecular weight is 355 g/mol. The molecular weight excluding hydrogens is 326 g/mol. The third-order valence-corrected chi connectivity index (χ3v) is 4.87. The number of hydrogen-bond acceptors (Lipinski definition) is 3. The topological polar surface area (TPSA) is 65.2 Å². The van der Waals surface area contributed by atoms with Crippen LogP contribution in [0.25, 0.3) is 0 Å². The number of amides is 1. The van der Waals surface area contributed by atoms with E-state index in [4.69, 9.17) is 0 Å². The van der Waals surface area contributed by atoms with Crippen molar-refractivity contribution in [3.05, 3.63) is 57.9 Å². The molecule has 0 unspecified atom stereocenters. The zero-order valence-corrected chi connectivity index (χ0v) is 16.6. The molecule has 5 heteroatoms. The molecule has 0 bridgehead atoms. The number of carbonyl (C=O) groups excluding carboxylic acids is 2. The fraction of sp³-hybridized carbons (Fsp3) is 0.429. The second-order valence-corrected chi connectivity index (χ2v) is 6.97. The SMILES string of the molecule is CCc1ccc([C@@H](CNC(=O)c2[nH]c(C)c(C(C)=O)c2C)N(C)C)cc1. The zero-order chi connectivity index (χ0) is 19.4. The minimum Gasteiger partial charge on any atom is -0.354 e. The highest BCUT2D eigenvalue weighted by molar-refractivity contribution is 6.02. The fourth-order valence-corrected chi connectivity index (χ4v) is 3.36. The van der Waals surface area contributed by atoms with Gasteiger partial charge in [0.2, 0.25) is 0 Å². The van der Waals surface area contributed by atoms with Gasteiger partial charge in [0.1, 0.15) is 5.69 Å². The number of ketones is 1. The van der Waals surface area contributed by atoms with Crippen molar-refractivity contribution >= 4 is 11.7 Å². The number of likely N-dealkylation sites (N-methyl/N-ethyl adjacent to an activating group) is 1. The maximum Gasteiger partial charge on any atom is 0.268 e. The Hall–Kier alpha value is -2.40. The van der Waals surface area contributed by atoms with Crippen molar-refractivity contribution in [1.82, 2.24) is 15.2 Å². The van der Waals surface area contributed by atoms with E-state index in [2.05, 4.69) is 46.4 Å². The lowest BCUT2D eigenvalue weighted by atomic mass is 10.0. The summed E-state index contributed by atoms with van der Waals surface area (Å²) in [6, 6.07) is 8.57. The van der Waals surface area contributed by atoms with Crippen LogP contribution in [0, 0.1) is 13.8 Å². The number of nitrogens with one attached hydrogen (secondary N) is 2. The number of H-pyrrole nitrogens is 1. The van der Waals surface area contributed by atoms with Gasteiger partial charge in [-0.3, -0.25) is 9.59 Å². The molecule has 0 aliphatic heterocycles. The number of aryl methyl sites for hydroxylation is 2. The number of rotatable bonds is 7. The molecule has 0 aliphatic carbocycles. The number of benzene rings is 1. The van der Waals surface area contributed by atoms with Crippen LogP contribution in [0.4, 0.5) is 0 Å². The first-order valence-electron chi connectivity index (χ1n) is 8.99. The maximum absolute atomic E-state index is 12.6. The number of nitrogens with zero attached hydrogens (tertiary/aromatic N) is 1. The van der Waals surface area contributed by atoms with Crippen LogP contribution in [0.1, 0.15) is 63.1 Å². The molecule has 26 heavy (non-hydrogen) atoms. The first-order chi connectivity index (χ1) is 12.3. The molecule has 1 aromatic carbocycles. The van der Waals surface area contributed by atoms with Gasteiger partial charge in [0.15, 0.2) is 5.78 Å². The van der Waals surface area contributed by atoms with Crippen LogP contribution in [-0.4, -0.2) is 42.2 Å². The molecule has 0 radical (unpaired) electrons. The van der Waals surface area contributed by atoms with Gasteiger partial charge < -0.3 is 15.2 Å². The summed E-state index contributed by atoms with van der Waals surface area (Å²) in [7, 11) is 4.00. The Balaban J connectivity index is 2.15. The van der Waals surface area contributed by atoms with Gasteiger partial charge in [-0.2, -0.15) is 0 Å². The van der Waals surface area contributed by atoms with E-state index >= 15 is 0 Å². The van der Waals surface area contributed by atoms with Crippen molar-refractivity contribution < 1.29 is 9.59 Å². The molecule has 0 aliphatic rings. The van der Waals surface area contributed by atoms with E-state index in [-0.39, 0.29) is 17.7 Å². The number of hydrogen-bond donors (Lipinski definition) is 2. The van der Waals surface area contributed by atoms with Crippen LogP contribution in [0.3, 0.4) is 0 Å². The Morgan fingerprint density at radius 2 is 1.77 bits per heavy atom. The predicted octanol–water partition coefficient (Wildman–Crippen LogP) is 3.43. The van der Waals surface area contributed by atoms with Gasteiger partial charge >= 0.3 is 0 Å². The van der Waals surface area contributed by atoms with E-state index < -0.39 is 0 Å². The van der Waals surface area contributed by atoms with Crippen molar-refractivity contribution in [1.29, 1.82) is 0 Å². The molecule has 0 saturated carbocycles. The number of carbonyl (C=O) groups is 2.